The molecular weight excluding hydrogens is 382 g/mol. The second-order valence-corrected chi connectivity index (χ2v) is 7.33. The molecule has 1 amide bonds. The van der Waals surface area contributed by atoms with Crippen molar-refractivity contribution in [2.45, 2.75) is 26.4 Å². The van der Waals surface area contributed by atoms with Gasteiger partial charge in [0.15, 0.2) is 16.6 Å². The van der Waals surface area contributed by atoms with Gasteiger partial charge < -0.3 is 14.2 Å². The molecule has 1 N–H and O–H groups in total. The third-order valence-corrected chi connectivity index (χ3v) is 3.79. The van der Waals surface area contributed by atoms with Gasteiger partial charge in [-0.15, -0.1) is 11.3 Å². The molecule has 0 bridgehead atoms. The van der Waals surface area contributed by atoms with Crippen LogP contribution in [0.25, 0.3) is 6.08 Å². The molecule has 28 heavy (non-hydrogen) atoms. The van der Waals surface area contributed by atoms with E-state index in [1.807, 2.05) is 6.07 Å². The molecule has 0 spiro atoms. The van der Waals surface area contributed by atoms with Crippen molar-refractivity contribution in [2.75, 3.05) is 12.4 Å². The number of benzene rings is 1. The Morgan fingerprint density at radius 1 is 1.29 bits per heavy atom. The first-order chi connectivity index (χ1) is 13.2. The zero-order valence-corrected chi connectivity index (χ0v) is 16.6. The Hall–Kier alpha value is -3.38. The van der Waals surface area contributed by atoms with Crippen LogP contribution in [-0.4, -0.2) is 29.8 Å². The molecule has 2 rings (SSSR count). The van der Waals surface area contributed by atoms with Crippen molar-refractivity contribution in [1.82, 2.24) is 4.98 Å². The Balaban J connectivity index is 2.19. The van der Waals surface area contributed by atoms with Gasteiger partial charge in [0.2, 0.25) is 0 Å². The highest BCUT2D eigenvalue weighted by Crippen LogP contribution is 2.30. The first-order valence-corrected chi connectivity index (χ1v) is 9.01. The Kier molecular flexibility index (Phi) is 6.74. The van der Waals surface area contributed by atoms with E-state index in [0.717, 1.165) is 0 Å². The lowest BCUT2D eigenvalue weighted by molar-refractivity contribution is -0.112. The number of amides is 1. The summed E-state index contributed by atoms with van der Waals surface area (Å²) in [7, 11) is 1.41. The molecule has 146 valence electrons. The van der Waals surface area contributed by atoms with Gasteiger partial charge in [-0.3, -0.25) is 10.1 Å². The average molecular weight is 401 g/mol. The van der Waals surface area contributed by atoms with Gasteiger partial charge in [0, 0.05) is 11.6 Å². The molecule has 8 nitrogen and oxygen atoms in total. The van der Waals surface area contributed by atoms with E-state index in [1.165, 1.54) is 36.7 Å². The number of hydrogen-bond donors (Lipinski definition) is 1. The first kappa shape index (κ1) is 20.9. The maximum Gasteiger partial charge on any atom is 0.514 e. The molecule has 2 aromatic rings. The Bertz CT molecular complexity index is 924. The fourth-order valence-electron chi connectivity index (χ4n) is 1.98. The number of hydrogen-bond acceptors (Lipinski definition) is 8. The highest BCUT2D eigenvalue weighted by molar-refractivity contribution is 7.13. The Morgan fingerprint density at radius 2 is 2.04 bits per heavy atom. The van der Waals surface area contributed by atoms with Crippen LogP contribution in [-0.2, 0) is 9.53 Å². The van der Waals surface area contributed by atoms with Gasteiger partial charge in [-0.2, -0.15) is 5.26 Å². The Labute approximate surface area is 166 Å². The number of nitrogens with one attached hydrogen (secondary N) is 1. The highest BCUT2D eigenvalue weighted by Gasteiger charge is 2.20. The zero-order chi connectivity index (χ0) is 20.7. The molecule has 0 unspecified atom stereocenters. The summed E-state index contributed by atoms with van der Waals surface area (Å²) in [5.41, 5.74) is -0.295. The van der Waals surface area contributed by atoms with E-state index in [1.54, 1.807) is 38.4 Å². The number of nitrogens with zero attached hydrogens (tertiary/aromatic N) is 2. The molecule has 0 aliphatic carbocycles. The van der Waals surface area contributed by atoms with E-state index in [0.29, 0.717) is 10.7 Å². The molecule has 0 aliphatic heterocycles. The minimum atomic E-state index is -0.866. The highest BCUT2D eigenvalue weighted by atomic mass is 32.1. The quantitative estimate of drug-likeness (QED) is 0.349. The first-order valence-electron chi connectivity index (χ1n) is 8.13. The molecule has 9 heteroatoms. The third kappa shape index (κ3) is 6.10. The monoisotopic (exact) mass is 401 g/mol. The van der Waals surface area contributed by atoms with Crippen LogP contribution in [0, 0.1) is 11.3 Å². The summed E-state index contributed by atoms with van der Waals surface area (Å²) in [5.74, 6) is -0.178. The smallest absolute Gasteiger partial charge is 0.493 e. The van der Waals surface area contributed by atoms with Gasteiger partial charge in [-0.1, -0.05) is 6.07 Å². The number of ether oxygens (including phenoxy) is 3. The molecule has 0 atom stereocenters. The van der Waals surface area contributed by atoms with E-state index in [9.17, 15) is 14.9 Å². The topological polar surface area (TPSA) is 111 Å². The lowest BCUT2D eigenvalue weighted by Crippen LogP contribution is -2.26. The van der Waals surface area contributed by atoms with Crippen LogP contribution in [0.3, 0.4) is 0 Å². The predicted molar refractivity (Wildman–Crippen MR) is 104 cm³/mol. The van der Waals surface area contributed by atoms with E-state index < -0.39 is 17.7 Å². The minimum absolute atomic E-state index is 0.113. The molecule has 0 radical (unpaired) electrons. The van der Waals surface area contributed by atoms with Crippen molar-refractivity contribution >= 4 is 34.6 Å². The van der Waals surface area contributed by atoms with Crippen molar-refractivity contribution in [1.29, 1.82) is 5.26 Å². The standard InChI is InChI=1S/C19H19N3O5S/c1-19(2,3)27-18(24)26-14-6-5-12(10-15(14)25-4)9-13(11-20)16(23)22-17-21-7-8-28-17/h5-10H,1-4H3,(H,21,22,23)/b13-9+. The van der Waals surface area contributed by atoms with Gasteiger partial charge in [-0.05, 0) is 44.5 Å². The van der Waals surface area contributed by atoms with Crippen molar-refractivity contribution in [3.05, 3.63) is 40.9 Å². The zero-order valence-electron chi connectivity index (χ0n) is 15.8. The van der Waals surface area contributed by atoms with E-state index >= 15 is 0 Å². The number of carbonyl (C=O) groups excluding carboxylic acids is 2. The molecule has 0 aliphatic rings. The Morgan fingerprint density at radius 3 is 2.61 bits per heavy atom. The number of anilines is 1. The number of aromatic nitrogens is 1. The number of nitriles is 1. The van der Waals surface area contributed by atoms with Crippen molar-refractivity contribution in [3.63, 3.8) is 0 Å². The molecule has 0 saturated carbocycles. The average Bonchev–Trinajstić information content (AvgIpc) is 3.11. The number of thiazole rings is 1. The summed E-state index contributed by atoms with van der Waals surface area (Å²) in [6.45, 7) is 5.17. The molecule has 0 saturated heterocycles. The van der Waals surface area contributed by atoms with E-state index in [2.05, 4.69) is 10.3 Å². The maximum absolute atomic E-state index is 12.2. The summed E-state index contributed by atoms with van der Waals surface area (Å²) in [6.07, 6.45) is 2.07. The molecule has 0 fully saturated rings. The van der Waals surface area contributed by atoms with Crippen LogP contribution in [0.2, 0.25) is 0 Å². The van der Waals surface area contributed by atoms with Gasteiger partial charge in [0.05, 0.1) is 7.11 Å². The van der Waals surface area contributed by atoms with Crippen molar-refractivity contribution in [2.24, 2.45) is 0 Å². The minimum Gasteiger partial charge on any atom is -0.493 e. The molecule has 1 aromatic heterocycles. The largest absolute Gasteiger partial charge is 0.514 e. The van der Waals surface area contributed by atoms with Crippen LogP contribution < -0.4 is 14.8 Å². The summed E-state index contributed by atoms with van der Waals surface area (Å²) in [6, 6.07) is 6.46. The lowest BCUT2D eigenvalue weighted by Gasteiger charge is -2.19. The van der Waals surface area contributed by atoms with E-state index in [4.69, 9.17) is 14.2 Å². The third-order valence-electron chi connectivity index (χ3n) is 3.10. The maximum atomic E-state index is 12.2. The summed E-state index contributed by atoms with van der Waals surface area (Å²) in [5, 5.41) is 13.9. The predicted octanol–water partition coefficient (Wildman–Crippen LogP) is 4.01. The van der Waals surface area contributed by atoms with Gasteiger partial charge in [0.25, 0.3) is 5.91 Å². The lowest BCUT2D eigenvalue weighted by atomic mass is 10.1. The second kappa shape index (κ2) is 9.01. The number of carbonyl (C=O) groups is 2. The van der Waals surface area contributed by atoms with Crippen LogP contribution >= 0.6 is 11.3 Å². The van der Waals surface area contributed by atoms with Gasteiger partial charge in [0.1, 0.15) is 17.2 Å². The van der Waals surface area contributed by atoms with Crippen LogP contribution in [0.4, 0.5) is 9.93 Å². The molecule has 1 aromatic carbocycles. The number of rotatable bonds is 5. The second-order valence-electron chi connectivity index (χ2n) is 6.44. The fourth-order valence-corrected chi connectivity index (χ4v) is 2.51. The van der Waals surface area contributed by atoms with E-state index in [-0.39, 0.29) is 17.1 Å². The normalized spacial score (nSPS) is 11.3. The van der Waals surface area contributed by atoms with Gasteiger partial charge in [-0.25, -0.2) is 9.78 Å². The SMILES string of the molecule is COc1cc(/C=C(\C#N)C(=O)Nc2nccs2)ccc1OC(=O)OC(C)(C)C. The molecule has 1 heterocycles. The fraction of sp³-hybridized carbons (Fsp3) is 0.263. The van der Waals surface area contributed by atoms with Crippen LogP contribution in [0.5, 0.6) is 11.5 Å². The number of methoxy groups -OCH3 is 1. The summed E-state index contributed by atoms with van der Waals surface area (Å²) in [4.78, 5) is 28.0. The van der Waals surface area contributed by atoms with Crippen LogP contribution in [0.1, 0.15) is 26.3 Å². The van der Waals surface area contributed by atoms with Crippen molar-refractivity contribution < 1.29 is 23.8 Å². The van der Waals surface area contributed by atoms with Crippen LogP contribution in [0.15, 0.2) is 35.3 Å². The molecular formula is C19H19N3O5S. The summed E-state index contributed by atoms with van der Waals surface area (Å²) >= 11 is 1.24. The van der Waals surface area contributed by atoms with Gasteiger partial charge >= 0.3 is 6.16 Å². The summed E-state index contributed by atoms with van der Waals surface area (Å²) < 4.78 is 15.5. The van der Waals surface area contributed by atoms with Crippen molar-refractivity contribution in [3.8, 4) is 17.6 Å².